The van der Waals surface area contributed by atoms with Crippen LogP contribution in [0.4, 0.5) is 17.2 Å². The molecule has 2 aliphatic rings. The summed E-state index contributed by atoms with van der Waals surface area (Å²) in [6.45, 7) is 4.34. The first kappa shape index (κ1) is 20.8. The van der Waals surface area contributed by atoms with Gasteiger partial charge < -0.3 is 24.5 Å². The van der Waals surface area contributed by atoms with Crippen LogP contribution in [0.3, 0.4) is 0 Å². The molecule has 0 atom stereocenters. The minimum atomic E-state index is 0.128. The van der Waals surface area contributed by atoms with Crippen LogP contribution in [-0.4, -0.2) is 68.6 Å². The lowest BCUT2D eigenvalue weighted by molar-refractivity contribution is 0.304. The third kappa shape index (κ3) is 4.05. The maximum Gasteiger partial charge on any atom is 0.142 e. The number of hydrogen-bond acceptors (Lipinski definition) is 7. The fraction of sp³-hybridized carbons (Fsp3) is 0.440. The average Bonchev–Trinajstić information content (AvgIpc) is 3.69. The molecule has 0 spiro atoms. The molecule has 2 heterocycles. The van der Waals surface area contributed by atoms with Crippen LogP contribution in [-0.2, 0) is 0 Å². The molecule has 0 amide bonds. The van der Waals surface area contributed by atoms with E-state index < -0.39 is 0 Å². The summed E-state index contributed by atoms with van der Waals surface area (Å²) in [5.41, 5.74) is 3.22. The van der Waals surface area contributed by atoms with Gasteiger partial charge >= 0.3 is 0 Å². The highest BCUT2D eigenvalue weighted by molar-refractivity contribution is 5.92. The minimum absolute atomic E-state index is 0.128. The van der Waals surface area contributed by atoms with E-state index in [1.165, 1.54) is 12.8 Å². The van der Waals surface area contributed by atoms with Gasteiger partial charge in [0.25, 0.3) is 0 Å². The maximum absolute atomic E-state index is 9.34. The van der Waals surface area contributed by atoms with E-state index >= 15 is 0 Å². The van der Waals surface area contributed by atoms with Gasteiger partial charge in [-0.25, -0.2) is 9.97 Å². The number of fused-ring (bicyclic) bond motifs is 1. The zero-order valence-corrected chi connectivity index (χ0v) is 18.9. The fourth-order valence-electron chi connectivity index (χ4n) is 4.45. The number of nitrogens with zero attached hydrogens (tertiary/aromatic N) is 5. The van der Waals surface area contributed by atoms with E-state index in [-0.39, 0.29) is 6.61 Å². The van der Waals surface area contributed by atoms with Crippen molar-refractivity contribution in [2.24, 2.45) is 0 Å². The normalized spacial score (nSPS) is 16.5. The van der Waals surface area contributed by atoms with Crippen molar-refractivity contribution in [1.29, 1.82) is 0 Å². The summed E-state index contributed by atoms with van der Waals surface area (Å²) in [5.74, 6) is 3.44. The fourth-order valence-corrected chi connectivity index (χ4v) is 4.45. The van der Waals surface area contributed by atoms with Gasteiger partial charge in [0.15, 0.2) is 0 Å². The molecule has 0 radical (unpaired) electrons. The Morgan fingerprint density at radius 3 is 2.50 bits per heavy atom. The van der Waals surface area contributed by atoms with Crippen LogP contribution in [0.2, 0.25) is 0 Å². The third-order valence-corrected chi connectivity index (χ3v) is 6.50. The monoisotopic (exact) mass is 433 g/mol. The van der Waals surface area contributed by atoms with Crippen LogP contribution in [0.25, 0.3) is 10.9 Å². The predicted octanol–water partition coefficient (Wildman–Crippen LogP) is 3.27. The summed E-state index contributed by atoms with van der Waals surface area (Å²) in [6.07, 6.45) is 2.37. The number of piperazine rings is 1. The summed E-state index contributed by atoms with van der Waals surface area (Å²) >= 11 is 0. The van der Waals surface area contributed by atoms with Crippen LogP contribution < -0.4 is 19.4 Å². The zero-order valence-electron chi connectivity index (χ0n) is 18.9. The number of rotatable bonds is 7. The highest BCUT2D eigenvalue weighted by atomic mass is 16.5. The molecule has 1 aliphatic heterocycles. The molecule has 1 saturated heterocycles. The third-order valence-electron chi connectivity index (χ3n) is 6.50. The largest absolute Gasteiger partial charge is 0.495 e. The second-order valence-electron chi connectivity index (χ2n) is 8.67. The van der Waals surface area contributed by atoms with Crippen molar-refractivity contribution in [1.82, 2.24) is 9.97 Å². The van der Waals surface area contributed by atoms with Gasteiger partial charge in [-0.1, -0.05) is 12.1 Å². The standard InChI is InChI=1S/C25H31N5O2/c1-28(15-16-31)19-9-10-21-20(17-19)25(27-24(26-21)18-7-8-18)30-13-11-29(12-14-30)22-5-3-4-6-23(22)32-2/h3-6,9-10,17-18,31H,7-8,11-16H2,1-2H3. The van der Waals surface area contributed by atoms with Crippen LogP contribution in [0.15, 0.2) is 42.5 Å². The van der Waals surface area contributed by atoms with Crippen molar-refractivity contribution in [2.45, 2.75) is 18.8 Å². The summed E-state index contributed by atoms with van der Waals surface area (Å²) in [6, 6.07) is 14.6. The molecule has 7 nitrogen and oxygen atoms in total. The summed E-state index contributed by atoms with van der Waals surface area (Å²) in [7, 11) is 3.73. The molecule has 2 aromatic carbocycles. The van der Waals surface area contributed by atoms with E-state index in [1.807, 2.05) is 19.2 Å². The highest BCUT2D eigenvalue weighted by Crippen LogP contribution is 2.40. The van der Waals surface area contributed by atoms with Gasteiger partial charge in [-0.3, -0.25) is 0 Å². The first-order chi connectivity index (χ1) is 15.7. The molecule has 0 bridgehead atoms. The van der Waals surface area contributed by atoms with E-state index in [4.69, 9.17) is 14.7 Å². The quantitative estimate of drug-likeness (QED) is 0.613. The molecule has 32 heavy (non-hydrogen) atoms. The Kier molecular flexibility index (Phi) is 5.74. The van der Waals surface area contributed by atoms with Gasteiger partial charge in [0, 0.05) is 56.8 Å². The van der Waals surface area contributed by atoms with Crippen molar-refractivity contribution in [3.63, 3.8) is 0 Å². The van der Waals surface area contributed by atoms with Crippen molar-refractivity contribution < 1.29 is 9.84 Å². The Bertz CT molecular complexity index is 1090. The summed E-state index contributed by atoms with van der Waals surface area (Å²) in [5, 5.41) is 10.4. The van der Waals surface area contributed by atoms with E-state index in [9.17, 15) is 5.11 Å². The lowest BCUT2D eigenvalue weighted by Gasteiger charge is -2.37. The zero-order chi connectivity index (χ0) is 22.1. The molecule has 3 aromatic rings. The van der Waals surface area contributed by atoms with Crippen molar-refractivity contribution >= 4 is 28.1 Å². The van der Waals surface area contributed by atoms with Crippen molar-refractivity contribution in [3.8, 4) is 5.75 Å². The van der Waals surface area contributed by atoms with Crippen LogP contribution in [0, 0.1) is 0 Å². The highest BCUT2D eigenvalue weighted by Gasteiger charge is 2.29. The molecule has 0 unspecified atom stereocenters. The molecule has 2 fully saturated rings. The van der Waals surface area contributed by atoms with Gasteiger partial charge in [0.1, 0.15) is 17.4 Å². The lowest BCUT2D eigenvalue weighted by Crippen LogP contribution is -2.47. The van der Waals surface area contributed by atoms with Crippen molar-refractivity contribution in [3.05, 3.63) is 48.3 Å². The SMILES string of the molecule is COc1ccccc1N1CCN(c2nc(C3CC3)nc3ccc(N(C)CCO)cc23)CC1. The molecule has 168 valence electrons. The second kappa shape index (κ2) is 8.82. The molecule has 1 N–H and O–H groups in total. The molecule has 7 heteroatoms. The van der Waals surface area contributed by atoms with Gasteiger partial charge in [-0.05, 0) is 43.2 Å². The minimum Gasteiger partial charge on any atom is -0.495 e. The topological polar surface area (TPSA) is 65.0 Å². The number of likely N-dealkylation sites (N-methyl/N-ethyl adjacent to an activating group) is 1. The van der Waals surface area contributed by atoms with Crippen LogP contribution in [0.1, 0.15) is 24.6 Å². The number of hydrogen-bond donors (Lipinski definition) is 1. The number of aliphatic hydroxyl groups excluding tert-OH is 1. The molecular weight excluding hydrogens is 402 g/mol. The molecule has 1 aliphatic carbocycles. The van der Waals surface area contributed by atoms with E-state index in [0.29, 0.717) is 12.5 Å². The van der Waals surface area contributed by atoms with Gasteiger partial charge in [0.05, 0.1) is 24.9 Å². The Morgan fingerprint density at radius 1 is 1.03 bits per heavy atom. The van der Waals surface area contributed by atoms with E-state index in [2.05, 4.69) is 45.0 Å². The molecule has 1 aromatic heterocycles. The van der Waals surface area contributed by atoms with E-state index in [1.54, 1.807) is 7.11 Å². The Morgan fingerprint density at radius 2 is 1.78 bits per heavy atom. The van der Waals surface area contributed by atoms with Crippen LogP contribution >= 0.6 is 0 Å². The molecular formula is C25H31N5O2. The summed E-state index contributed by atoms with van der Waals surface area (Å²) < 4.78 is 5.57. The first-order valence-corrected chi connectivity index (χ1v) is 11.4. The number of anilines is 3. The smallest absolute Gasteiger partial charge is 0.142 e. The average molecular weight is 434 g/mol. The van der Waals surface area contributed by atoms with Crippen LogP contribution in [0.5, 0.6) is 5.75 Å². The Balaban J connectivity index is 1.45. The van der Waals surface area contributed by atoms with Gasteiger partial charge in [0.2, 0.25) is 0 Å². The Labute approximate surface area is 189 Å². The maximum atomic E-state index is 9.34. The van der Waals surface area contributed by atoms with E-state index in [0.717, 1.165) is 65.8 Å². The Hall–Kier alpha value is -3.06. The number of methoxy groups -OCH3 is 1. The lowest BCUT2D eigenvalue weighted by atomic mass is 10.1. The van der Waals surface area contributed by atoms with Gasteiger partial charge in [-0.2, -0.15) is 0 Å². The molecule has 5 rings (SSSR count). The second-order valence-corrected chi connectivity index (χ2v) is 8.67. The molecule has 1 saturated carbocycles. The number of aromatic nitrogens is 2. The number of benzene rings is 2. The number of para-hydroxylation sites is 2. The number of aliphatic hydroxyl groups is 1. The van der Waals surface area contributed by atoms with Crippen molar-refractivity contribution in [2.75, 3.05) is 68.2 Å². The first-order valence-electron chi connectivity index (χ1n) is 11.4. The predicted molar refractivity (Wildman–Crippen MR) is 129 cm³/mol. The number of ether oxygens (including phenoxy) is 1. The van der Waals surface area contributed by atoms with Gasteiger partial charge in [-0.15, -0.1) is 0 Å². The summed E-state index contributed by atoms with van der Waals surface area (Å²) in [4.78, 5) is 16.8.